The zero-order chi connectivity index (χ0) is 9.80. The van der Waals surface area contributed by atoms with E-state index in [2.05, 4.69) is 12.2 Å². The van der Waals surface area contributed by atoms with Gasteiger partial charge in [0.1, 0.15) is 17.6 Å². The number of benzene rings is 1. The van der Waals surface area contributed by atoms with E-state index in [1.807, 2.05) is 0 Å². The Morgan fingerprint density at radius 1 is 1.21 bits per heavy atom. The first-order chi connectivity index (χ1) is 6.84. The smallest absolute Gasteiger partial charge is 0.120 e. The highest BCUT2D eigenvalue weighted by Crippen LogP contribution is 2.20. The van der Waals surface area contributed by atoms with Gasteiger partial charge in [-0.25, -0.2) is 0 Å². The molecule has 0 bridgehead atoms. The fraction of sp³-hybridized carbons (Fsp3) is 0.333. The molecule has 0 fully saturated rings. The monoisotopic (exact) mass is 190 g/mol. The van der Waals surface area contributed by atoms with Crippen LogP contribution in [0.4, 0.5) is 0 Å². The summed E-state index contributed by atoms with van der Waals surface area (Å²) in [4.78, 5) is 0. The summed E-state index contributed by atoms with van der Waals surface area (Å²) in [6.07, 6.45) is 7.91. The van der Waals surface area contributed by atoms with Gasteiger partial charge in [0.15, 0.2) is 0 Å². The van der Waals surface area contributed by atoms with Gasteiger partial charge in [-0.2, -0.15) is 0 Å². The molecule has 74 valence electrons. The molecule has 14 heavy (non-hydrogen) atoms. The molecule has 0 aromatic heterocycles. The van der Waals surface area contributed by atoms with Crippen LogP contribution in [0.15, 0.2) is 36.4 Å². The van der Waals surface area contributed by atoms with Crippen LogP contribution >= 0.6 is 0 Å². The molecule has 0 radical (unpaired) electrons. The molecule has 2 rings (SSSR count). The lowest BCUT2D eigenvalue weighted by molar-refractivity contribution is 0.229. The van der Waals surface area contributed by atoms with Crippen molar-refractivity contribution in [3.63, 3.8) is 0 Å². The lowest BCUT2D eigenvalue weighted by Crippen LogP contribution is -2.15. The maximum absolute atomic E-state index is 9.09. The highest BCUT2D eigenvalue weighted by Gasteiger charge is 2.09. The van der Waals surface area contributed by atoms with Crippen molar-refractivity contribution in [2.75, 3.05) is 0 Å². The number of hydrogen-bond donors (Lipinski definition) is 1. The molecule has 1 unspecified atom stereocenters. The topological polar surface area (TPSA) is 29.5 Å². The van der Waals surface area contributed by atoms with Crippen LogP contribution in [0.5, 0.6) is 11.5 Å². The minimum absolute atomic E-state index is 0.202. The molecule has 0 saturated heterocycles. The number of phenols is 1. The molecule has 0 saturated carbocycles. The summed E-state index contributed by atoms with van der Waals surface area (Å²) in [7, 11) is 0. The number of phenolic OH excluding ortho intramolecular Hbond substituents is 1. The summed E-state index contributed by atoms with van der Waals surface area (Å²) >= 11 is 0. The number of aromatic hydroxyl groups is 1. The van der Waals surface area contributed by atoms with Crippen molar-refractivity contribution >= 4 is 0 Å². The third kappa shape index (κ3) is 2.28. The molecule has 1 aliphatic rings. The van der Waals surface area contributed by atoms with Gasteiger partial charge < -0.3 is 9.84 Å². The Morgan fingerprint density at radius 2 is 2.00 bits per heavy atom. The zero-order valence-electron chi connectivity index (χ0n) is 8.02. The Bertz CT molecular complexity index is 314. The molecule has 0 heterocycles. The molecule has 1 aromatic carbocycles. The maximum atomic E-state index is 9.09. The molecule has 1 N–H and O–H groups in total. The van der Waals surface area contributed by atoms with E-state index < -0.39 is 0 Å². The Morgan fingerprint density at radius 3 is 2.64 bits per heavy atom. The van der Waals surface area contributed by atoms with Crippen LogP contribution in [0.1, 0.15) is 19.3 Å². The van der Waals surface area contributed by atoms with E-state index in [9.17, 15) is 0 Å². The Balaban J connectivity index is 1.99. The summed E-state index contributed by atoms with van der Waals surface area (Å²) in [6.45, 7) is 0. The number of ether oxygens (including phenoxy) is 1. The van der Waals surface area contributed by atoms with Crippen molar-refractivity contribution in [1.29, 1.82) is 0 Å². The van der Waals surface area contributed by atoms with Gasteiger partial charge in [-0.3, -0.25) is 0 Å². The zero-order valence-corrected chi connectivity index (χ0v) is 8.02. The maximum Gasteiger partial charge on any atom is 0.120 e. The molecule has 2 heteroatoms. The van der Waals surface area contributed by atoms with Gasteiger partial charge in [0.2, 0.25) is 0 Å². The van der Waals surface area contributed by atoms with E-state index in [1.54, 1.807) is 24.3 Å². The second kappa shape index (κ2) is 4.18. The van der Waals surface area contributed by atoms with E-state index in [0.29, 0.717) is 0 Å². The molecule has 1 aromatic rings. The molecule has 0 aliphatic heterocycles. The van der Waals surface area contributed by atoms with Gasteiger partial charge in [0.25, 0.3) is 0 Å². The van der Waals surface area contributed by atoms with Crippen LogP contribution in [0.25, 0.3) is 0 Å². The van der Waals surface area contributed by atoms with Crippen LogP contribution in [-0.4, -0.2) is 11.2 Å². The SMILES string of the molecule is Oc1ccc(OC2C=CCCC2)cc1. The molecule has 2 nitrogen and oxygen atoms in total. The molecule has 1 aliphatic carbocycles. The van der Waals surface area contributed by atoms with Gasteiger partial charge in [-0.15, -0.1) is 0 Å². The highest BCUT2D eigenvalue weighted by molar-refractivity contribution is 5.30. The Labute approximate surface area is 83.8 Å². The van der Waals surface area contributed by atoms with Crippen LogP contribution in [0, 0.1) is 0 Å². The van der Waals surface area contributed by atoms with Crippen molar-refractivity contribution in [2.45, 2.75) is 25.4 Å². The second-order valence-corrected chi connectivity index (χ2v) is 3.51. The van der Waals surface area contributed by atoms with Crippen molar-refractivity contribution in [3.05, 3.63) is 36.4 Å². The third-order valence-electron chi connectivity index (χ3n) is 2.33. The number of hydrogen-bond acceptors (Lipinski definition) is 2. The number of allylic oxidation sites excluding steroid dienone is 1. The van der Waals surface area contributed by atoms with E-state index in [1.165, 1.54) is 6.42 Å². The first-order valence-electron chi connectivity index (χ1n) is 4.97. The van der Waals surface area contributed by atoms with Gasteiger partial charge in [0, 0.05) is 0 Å². The van der Waals surface area contributed by atoms with Crippen molar-refractivity contribution in [2.24, 2.45) is 0 Å². The van der Waals surface area contributed by atoms with Crippen molar-refractivity contribution in [1.82, 2.24) is 0 Å². The Kier molecular flexibility index (Phi) is 2.73. The largest absolute Gasteiger partial charge is 0.508 e. The standard InChI is InChI=1S/C12H14O2/c13-10-6-8-12(9-7-10)14-11-4-2-1-3-5-11/h2,4,6-9,11,13H,1,3,5H2. The molecular formula is C12H14O2. The molecular weight excluding hydrogens is 176 g/mol. The minimum atomic E-state index is 0.202. The first kappa shape index (κ1) is 9.13. The molecule has 1 atom stereocenters. The van der Waals surface area contributed by atoms with Crippen LogP contribution in [0.2, 0.25) is 0 Å². The van der Waals surface area contributed by atoms with Crippen molar-refractivity contribution < 1.29 is 9.84 Å². The predicted molar refractivity (Wildman–Crippen MR) is 55.5 cm³/mol. The first-order valence-corrected chi connectivity index (χ1v) is 4.97. The second-order valence-electron chi connectivity index (χ2n) is 3.51. The quantitative estimate of drug-likeness (QED) is 0.726. The van der Waals surface area contributed by atoms with Gasteiger partial charge >= 0.3 is 0 Å². The lowest BCUT2D eigenvalue weighted by atomic mass is 10.1. The summed E-state index contributed by atoms with van der Waals surface area (Å²) in [5, 5.41) is 9.09. The van der Waals surface area contributed by atoms with Gasteiger partial charge in [-0.05, 0) is 49.6 Å². The van der Waals surface area contributed by atoms with E-state index >= 15 is 0 Å². The summed E-state index contributed by atoms with van der Waals surface area (Å²) in [5.41, 5.74) is 0. The predicted octanol–water partition coefficient (Wildman–Crippen LogP) is 2.88. The summed E-state index contributed by atoms with van der Waals surface area (Å²) < 4.78 is 5.71. The van der Waals surface area contributed by atoms with Crippen LogP contribution < -0.4 is 4.74 Å². The summed E-state index contributed by atoms with van der Waals surface area (Å²) in [6, 6.07) is 6.86. The normalized spacial score (nSPS) is 20.7. The third-order valence-corrected chi connectivity index (χ3v) is 2.33. The van der Waals surface area contributed by atoms with Gasteiger partial charge in [-0.1, -0.05) is 6.08 Å². The lowest BCUT2D eigenvalue weighted by Gasteiger charge is -2.18. The van der Waals surface area contributed by atoms with E-state index in [4.69, 9.17) is 9.84 Å². The molecule has 0 spiro atoms. The number of rotatable bonds is 2. The van der Waals surface area contributed by atoms with E-state index in [0.717, 1.165) is 18.6 Å². The average Bonchev–Trinajstić information content (AvgIpc) is 2.23. The fourth-order valence-corrected chi connectivity index (χ4v) is 1.58. The van der Waals surface area contributed by atoms with E-state index in [-0.39, 0.29) is 11.9 Å². The van der Waals surface area contributed by atoms with Crippen LogP contribution in [0.3, 0.4) is 0 Å². The minimum Gasteiger partial charge on any atom is -0.508 e. The molecule has 0 amide bonds. The summed E-state index contributed by atoms with van der Waals surface area (Å²) in [5.74, 6) is 1.09. The fourth-order valence-electron chi connectivity index (χ4n) is 1.58. The average molecular weight is 190 g/mol. The Hall–Kier alpha value is -1.44. The van der Waals surface area contributed by atoms with Crippen molar-refractivity contribution in [3.8, 4) is 11.5 Å². The van der Waals surface area contributed by atoms with Gasteiger partial charge in [0.05, 0.1) is 0 Å². The highest BCUT2D eigenvalue weighted by atomic mass is 16.5. The van der Waals surface area contributed by atoms with Crippen LogP contribution in [-0.2, 0) is 0 Å².